The Bertz CT molecular complexity index is 746. The molecule has 6 nitrogen and oxygen atoms in total. The molecule has 0 bridgehead atoms. The number of rotatable bonds is 42. The minimum atomic E-state index is -0.0953. The van der Waals surface area contributed by atoms with Gasteiger partial charge >= 0.3 is 11.9 Å². The standard InChI is InChI=1S/C46H91NO5/c1-5-8-11-14-17-18-19-20-22-26-31-36-45(49)51-43(4)38-40-47(41-42-48)39-33-28-23-27-32-37-46(50)52-44(34-29-24-16-13-10-7-3)35-30-25-21-15-12-9-6-2/h43-44,48H,5-42H2,1-4H3. The number of aliphatic hydroxyl groups is 1. The Morgan fingerprint density at radius 2 is 0.808 bits per heavy atom. The SMILES string of the molecule is CCCCCCCCCCCCCC(=O)OC(C)CCN(CCO)CCCCCCCC(=O)OC(CCCCCCCC)CCCCCCCCC. The fourth-order valence-corrected chi connectivity index (χ4v) is 7.24. The van der Waals surface area contributed by atoms with Gasteiger partial charge in [-0.25, -0.2) is 0 Å². The van der Waals surface area contributed by atoms with E-state index >= 15 is 0 Å². The van der Waals surface area contributed by atoms with E-state index in [1.807, 2.05) is 6.92 Å². The lowest BCUT2D eigenvalue weighted by molar-refractivity contribution is -0.150. The van der Waals surface area contributed by atoms with Crippen LogP contribution in [0, 0.1) is 0 Å². The van der Waals surface area contributed by atoms with Crippen LogP contribution in [0.3, 0.4) is 0 Å². The summed E-state index contributed by atoms with van der Waals surface area (Å²) in [4.78, 5) is 27.4. The summed E-state index contributed by atoms with van der Waals surface area (Å²) in [5.74, 6) is -0.0656. The first-order chi connectivity index (χ1) is 25.5. The fraction of sp³-hybridized carbons (Fsp3) is 0.957. The smallest absolute Gasteiger partial charge is 0.306 e. The lowest BCUT2D eigenvalue weighted by Crippen LogP contribution is -2.31. The second-order valence-corrected chi connectivity index (χ2v) is 16.0. The van der Waals surface area contributed by atoms with Gasteiger partial charge in [-0.2, -0.15) is 0 Å². The maximum absolute atomic E-state index is 12.7. The summed E-state index contributed by atoms with van der Waals surface area (Å²) in [7, 11) is 0. The largest absolute Gasteiger partial charge is 0.463 e. The molecule has 0 aromatic rings. The molecule has 0 spiro atoms. The van der Waals surface area contributed by atoms with Crippen LogP contribution in [0.15, 0.2) is 0 Å². The molecule has 310 valence electrons. The van der Waals surface area contributed by atoms with Gasteiger partial charge in [-0.1, -0.05) is 175 Å². The van der Waals surface area contributed by atoms with Crippen molar-refractivity contribution in [2.24, 2.45) is 0 Å². The molecule has 0 aliphatic rings. The molecular weight excluding hydrogens is 647 g/mol. The van der Waals surface area contributed by atoms with Crippen molar-refractivity contribution in [2.45, 2.75) is 258 Å². The lowest BCUT2D eigenvalue weighted by Gasteiger charge is -2.23. The zero-order chi connectivity index (χ0) is 38.2. The van der Waals surface area contributed by atoms with Gasteiger partial charge in [0.15, 0.2) is 0 Å². The maximum atomic E-state index is 12.7. The summed E-state index contributed by atoms with van der Waals surface area (Å²) in [5, 5.41) is 9.59. The highest BCUT2D eigenvalue weighted by atomic mass is 16.5. The molecule has 0 fully saturated rings. The molecule has 0 aromatic carbocycles. The summed E-state index contributed by atoms with van der Waals surface area (Å²) in [6.45, 7) is 11.4. The molecule has 2 unspecified atom stereocenters. The third kappa shape index (κ3) is 37.2. The summed E-state index contributed by atoms with van der Waals surface area (Å²) >= 11 is 0. The quantitative estimate of drug-likeness (QED) is 0.0496. The Morgan fingerprint density at radius 1 is 0.442 bits per heavy atom. The van der Waals surface area contributed by atoms with Crippen LogP contribution >= 0.6 is 0 Å². The normalized spacial score (nSPS) is 12.7. The lowest BCUT2D eigenvalue weighted by atomic mass is 10.0. The van der Waals surface area contributed by atoms with Crippen LogP contribution < -0.4 is 0 Å². The number of aliphatic hydroxyl groups excluding tert-OH is 1. The number of carbonyl (C=O) groups is 2. The number of unbranched alkanes of at least 4 members (excludes halogenated alkanes) is 25. The molecule has 1 N–H and O–H groups in total. The molecule has 0 saturated heterocycles. The Kier molecular flexibility index (Phi) is 40.1. The van der Waals surface area contributed by atoms with Gasteiger partial charge in [0.05, 0.1) is 6.61 Å². The average molecular weight is 738 g/mol. The van der Waals surface area contributed by atoms with Crippen molar-refractivity contribution in [2.75, 3.05) is 26.2 Å². The zero-order valence-electron chi connectivity index (χ0n) is 35.6. The minimum absolute atomic E-state index is 0.00155. The minimum Gasteiger partial charge on any atom is -0.463 e. The second kappa shape index (κ2) is 41.0. The highest BCUT2D eigenvalue weighted by Crippen LogP contribution is 2.19. The van der Waals surface area contributed by atoms with Gasteiger partial charge < -0.3 is 19.5 Å². The van der Waals surface area contributed by atoms with Crippen LogP contribution in [0.1, 0.15) is 246 Å². The number of hydrogen-bond acceptors (Lipinski definition) is 6. The Labute approximate surface area is 324 Å². The molecule has 0 rings (SSSR count). The van der Waals surface area contributed by atoms with Gasteiger partial charge in [0, 0.05) is 25.9 Å². The van der Waals surface area contributed by atoms with Crippen LogP contribution in [-0.4, -0.2) is 60.4 Å². The summed E-state index contributed by atoms with van der Waals surface area (Å²) < 4.78 is 11.7. The first-order valence-corrected chi connectivity index (χ1v) is 23.2. The molecule has 6 heteroatoms. The molecule has 0 heterocycles. The van der Waals surface area contributed by atoms with E-state index in [2.05, 4.69) is 25.7 Å². The Balaban J connectivity index is 4.09. The topological polar surface area (TPSA) is 76.1 Å². The molecular formula is C46H91NO5. The van der Waals surface area contributed by atoms with Gasteiger partial charge in [0.2, 0.25) is 0 Å². The molecule has 52 heavy (non-hydrogen) atoms. The number of hydrogen-bond donors (Lipinski definition) is 1. The first kappa shape index (κ1) is 50.9. The molecule has 0 aromatic heterocycles. The van der Waals surface area contributed by atoms with Crippen molar-refractivity contribution < 1.29 is 24.2 Å². The summed E-state index contributed by atoms with van der Waals surface area (Å²) in [6, 6.07) is 0. The maximum Gasteiger partial charge on any atom is 0.306 e. The molecule has 0 radical (unpaired) electrons. The summed E-state index contributed by atoms with van der Waals surface area (Å²) in [6.07, 6.45) is 40.0. The van der Waals surface area contributed by atoms with Gasteiger partial charge in [0.1, 0.15) is 12.2 Å². The zero-order valence-corrected chi connectivity index (χ0v) is 35.6. The van der Waals surface area contributed by atoms with Crippen LogP contribution in [0.2, 0.25) is 0 Å². The van der Waals surface area contributed by atoms with E-state index < -0.39 is 0 Å². The fourth-order valence-electron chi connectivity index (χ4n) is 7.24. The predicted octanol–water partition coefficient (Wildman–Crippen LogP) is 13.4. The number of ether oxygens (including phenoxy) is 2. The molecule has 0 saturated carbocycles. The van der Waals surface area contributed by atoms with Crippen molar-refractivity contribution in [3.8, 4) is 0 Å². The Morgan fingerprint density at radius 3 is 1.23 bits per heavy atom. The van der Waals surface area contributed by atoms with Crippen LogP contribution in [-0.2, 0) is 19.1 Å². The van der Waals surface area contributed by atoms with E-state index in [-0.39, 0.29) is 30.8 Å². The van der Waals surface area contributed by atoms with Crippen molar-refractivity contribution in [3.05, 3.63) is 0 Å². The Hall–Kier alpha value is -1.14. The molecule has 2 atom stereocenters. The van der Waals surface area contributed by atoms with Crippen molar-refractivity contribution >= 4 is 11.9 Å². The van der Waals surface area contributed by atoms with Crippen molar-refractivity contribution in [3.63, 3.8) is 0 Å². The number of carbonyl (C=O) groups excluding carboxylic acids is 2. The summed E-state index contributed by atoms with van der Waals surface area (Å²) in [5.41, 5.74) is 0. The van der Waals surface area contributed by atoms with E-state index in [1.165, 1.54) is 141 Å². The molecule has 0 aliphatic carbocycles. The number of esters is 2. The first-order valence-electron chi connectivity index (χ1n) is 23.2. The van der Waals surface area contributed by atoms with E-state index in [4.69, 9.17) is 9.47 Å². The highest BCUT2D eigenvalue weighted by molar-refractivity contribution is 5.69. The van der Waals surface area contributed by atoms with Crippen LogP contribution in [0.5, 0.6) is 0 Å². The van der Waals surface area contributed by atoms with Gasteiger partial charge in [-0.3, -0.25) is 9.59 Å². The van der Waals surface area contributed by atoms with E-state index in [9.17, 15) is 14.7 Å². The van der Waals surface area contributed by atoms with Gasteiger partial charge in [-0.05, 0) is 64.8 Å². The van der Waals surface area contributed by atoms with Crippen LogP contribution in [0.4, 0.5) is 0 Å². The van der Waals surface area contributed by atoms with E-state index in [0.29, 0.717) is 19.4 Å². The molecule has 0 amide bonds. The van der Waals surface area contributed by atoms with Gasteiger partial charge in [0.25, 0.3) is 0 Å². The van der Waals surface area contributed by atoms with E-state index in [0.717, 1.165) is 77.3 Å². The van der Waals surface area contributed by atoms with E-state index in [1.54, 1.807) is 0 Å². The average Bonchev–Trinajstić information content (AvgIpc) is 3.13. The monoisotopic (exact) mass is 738 g/mol. The third-order valence-corrected chi connectivity index (χ3v) is 10.7. The molecule has 0 aliphatic heterocycles. The second-order valence-electron chi connectivity index (χ2n) is 16.0. The van der Waals surface area contributed by atoms with Gasteiger partial charge in [-0.15, -0.1) is 0 Å². The predicted molar refractivity (Wildman–Crippen MR) is 223 cm³/mol. The highest BCUT2D eigenvalue weighted by Gasteiger charge is 2.15. The third-order valence-electron chi connectivity index (χ3n) is 10.7. The van der Waals surface area contributed by atoms with Crippen LogP contribution in [0.25, 0.3) is 0 Å². The van der Waals surface area contributed by atoms with Crippen molar-refractivity contribution in [1.29, 1.82) is 0 Å². The number of nitrogens with zero attached hydrogens (tertiary/aromatic N) is 1. The van der Waals surface area contributed by atoms with Crippen molar-refractivity contribution in [1.82, 2.24) is 4.90 Å².